The van der Waals surface area contributed by atoms with E-state index in [9.17, 15) is 5.11 Å². The lowest BCUT2D eigenvalue weighted by molar-refractivity contribution is 0.0142. The second kappa shape index (κ2) is 14.8. The average Bonchev–Trinajstić information content (AvgIpc) is 3.47. The molecule has 3 N–H and O–H groups in total. The molecule has 0 aromatic carbocycles. The van der Waals surface area contributed by atoms with E-state index in [1.165, 1.54) is 12.8 Å². The van der Waals surface area contributed by atoms with E-state index in [-0.39, 0.29) is 24.0 Å². The van der Waals surface area contributed by atoms with Crippen molar-refractivity contribution in [1.29, 1.82) is 0 Å². The first-order valence-corrected chi connectivity index (χ1v) is 10.7. The molecular formula is C20H41IN4O3. The standard InChI is InChI=1S/C20H40N4O3.HI/c1-4-21-20(23-13-19(25)15-27-14-17-5-6-17)22-12-18(11-16(2)3)24-7-9-26-10-8-24;/h16-19,25H,4-15H2,1-3H3,(H2,21,22,23);1H. The van der Waals surface area contributed by atoms with Crippen LogP contribution in [0, 0.1) is 11.8 Å². The zero-order chi connectivity index (χ0) is 19.5. The zero-order valence-electron chi connectivity index (χ0n) is 17.9. The Morgan fingerprint density at radius 2 is 1.96 bits per heavy atom. The summed E-state index contributed by atoms with van der Waals surface area (Å²) in [4.78, 5) is 7.29. The summed E-state index contributed by atoms with van der Waals surface area (Å²) in [5.41, 5.74) is 0. The van der Waals surface area contributed by atoms with Crippen molar-refractivity contribution in [1.82, 2.24) is 15.5 Å². The third kappa shape index (κ3) is 11.1. The molecule has 0 bridgehead atoms. The van der Waals surface area contributed by atoms with Crippen LogP contribution in [-0.4, -0.2) is 87.3 Å². The van der Waals surface area contributed by atoms with E-state index in [2.05, 4.69) is 36.3 Å². The van der Waals surface area contributed by atoms with Crippen LogP contribution in [0.2, 0.25) is 0 Å². The van der Waals surface area contributed by atoms with Gasteiger partial charge in [-0.05, 0) is 38.0 Å². The lowest BCUT2D eigenvalue weighted by atomic mass is 10.0. The van der Waals surface area contributed by atoms with E-state index in [0.29, 0.717) is 25.1 Å². The molecule has 1 aliphatic heterocycles. The molecule has 28 heavy (non-hydrogen) atoms. The van der Waals surface area contributed by atoms with Crippen LogP contribution < -0.4 is 10.6 Å². The predicted molar refractivity (Wildman–Crippen MR) is 125 cm³/mol. The topological polar surface area (TPSA) is 78.4 Å². The van der Waals surface area contributed by atoms with Crippen molar-refractivity contribution in [3.63, 3.8) is 0 Å². The molecule has 1 aliphatic carbocycles. The Labute approximate surface area is 188 Å². The molecule has 0 spiro atoms. The van der Waals surface area contributed by atoms with E-state index in [1.54, 1.807) is 0 Å². The van der Waals surface area contributed by atoms with Crippen LogP contribution in [0.1, 0.15) is 40.0 Å². The van der Waals surface area contributed by atoms with E-state index >= 15 is 0 Å². The summed E-state index contributed by atoms with van der Waals surface area (Å²) >= 11 is 0. The van der Waals surface area contributed by atoms with Gasteiger partial charge in [-0.3, -0.25) is 9.89 Å². The molecule has 1 saturated carbocycles. The first-order valence-electron chi connectivity index (χ1n) is 10.7. The maximum Gasteiger partial charge on any atom is 0.191 e. The fourth-order valence-corrected chi connectivity index (χ4v) is 3.29. The quantitative estimate of drug-likeness (QED) is 0.210. The lowest BCUT2D eigenvalue weighted by Crippen LogP contribution is -2.47. The Bertz CT molecular complexity index is 430. The molecule has 8 heteroatoms. The van der Waals surface area contributed by atoms with Crippen LogP contribution in [0.5, 0.6) is 0 Å². The Hall–Kier alpha value is -0.160. The highest BCUT2D eigenvalue weighted by molar-refractivity contribution is 14.0. The molecule has 0 aromatic rings. The third-order valence-corrected chi connectivity index (χ3v) is 4.98. The fraction of sp³-hybridized carbons (Fsp3) is 0.950. The SMILES string of the molecule is CCNC(=NCC(CC(C)C)N1CCOCC1)NCC(O)COCC1CC1.I. The summed E-state index contributed by atoms with van der Waals surface area (Å²) in [5.74, 6) is 2.12. The normalized spacial score (nSPS) is 20.5. The van der Waals surface area contributed by atoms with Gasteiger partial charge >= 0.3 is 0 Å². The first-order chi connectivity index (χ1) is 13.1. The monoisotopic (exact) mass is 512 g/mol. The number of aliphatic hydroxyl groups excluding tert-OH is 1. The second-order valence-electron chi connectivity index (χ2n) is 8.17. The fourth-order valence-electron chi connectivity index (χ4n) is 3.29. The molecular weight excluding hydrogens is 471 g/mol. The number of hydrogen-bond acceptors (Lipinski definition) is 5. The van der Waals surface area contributed by atoms with Gasteiger partial charge in [0.15, 0.2) is 5.96 Å². The summed E-state index contributed by atoms with van der Waals surface area (Å²) in [5, 5.41) is 16.6. The van der Waals surface area contributed by atoms with Crippen molar-refractivity contribution in [2.24, 2.45) is 16.8 Å². The van der Waals surface area contributed by atoms with E-state index in [4.69, 9.17) is 14.5 Å². The number of guanidine groups is 1. The van der Waals surface area contributed by atoms with Crippen molar-refractivity contribution in [2.45, 2.75) is 52.2 Å². The highest BCUT2D eigenvalue weighted by atomic mass is 127. The number of aliphatic hydroxyl groups is 1. The van der Waals surface area contributed by atoms with Gasteiger partial charge in [-0.2, -0.15) is 0 Å². The van der Waals surface area contributed by atoms with Crippen molar-refractivity contribution >= 4 is 29.9 Å². The molecule has 2 atom stereocenters. The third-order valence-electron chi connectivity index (χ3n) is 4.98. The Balaban J connectivity index is 0.00000392. The molecule has 0 amide bonds. The van der Waals surface area contributed by atoms with E-state index in [1.807, 2.05) is 0 Å². The summed E-state index contributed by atoms with van der Waals surface area (Å²) in [6.07, 6.45) is 3.15. The first kappa shape index (κ1) is 25.9. The van der Waals surface area contributed by atoms with Gasteiger partial charge in [-0.15, -0.1) is 24.0 Å². The summed E-state index contributed by atoms with van der Waals surface area (Å²) in [6.45, 7) is 13.3. The largest absolute Gasteiger partial charge is 0.389 e. The van der Waals surface area contributed by atoms with Gasteiger partial charge in [0.2, 0.25) is 0 Å². The maximum atomic E-state index is 10.1. The molecule has 2 rings (SSSR count). The Morgan fingerprint density at radius 3 is 2.57 bits per heavy atom. The molecule has 1 heterocycles. The van der Waals surface area contributed by atoms with Crippen LogP contribution >= 0.6 is 24.0 Å². The highest BCUT2D eigenvalue weighted by Gasteiger charge is 2.22. The van der Waals surface area contributed by atoms with Crippen molar-refractivity contribution in [3.05, 3.63) is 0 Å². The summed E-state index contributed by atoms with van der Waals surface area (Å²) < 4.78 is 11.1. The number of morpholine rings is 1. The Morgan fingerprint density at radius 1 is 1.25 bits per heavy atom. The van der Waals surface area contributed by atoms with Crippen LogP contribution in [0.3, 0.4) is 0 Å². The summed E-state index contributed by atoms with van der Waals surface area (Å²) in [7, 11) is 0. The van der Waals surface area contributed by atoms with Gasteiger partial charge in [-0.25, -0.2) is 0 Å². The van der Waals surface area contributed by atoms with Crippen LogP contribution in [0.4, 0.5) is 0 Å². The van der Waals surface area contributed by atoms with Gasteiger partial charge < -0.3 is 25.2 Å². The van der Waals surface area contributed by atoms with Crippen molar-refractivity contribution in [3.8, 4) is 0 Å². The van der Waals surface area contributed by atoms with Gasteiger partial charge in [0.05, 0.1) is 32.5 Å². The number of nitrogens with one attached hydrogen (secondary N) is 2. The number of ether oxygens (including phenoxy) is 2. The zero-order valence-corrected chi connectivity index (χ0v) is 20.2. The van der Waals surface area contributed by atoms with Crippen LogP contribution in [0.25, 0.3) is 0 Å². The molecule has 0 radical (unpaired) electrons. The molecule has 166 valence electrons. The highest BCUT2D eigenvalue weighted by Crippen LogP contribution is 2.28. The predicted octanol–water partition coefficient (Wildman–Crippen LogP) is 1.69. The minimum Gasteiger partial charge on any atom is -0.389 e. The summed E-state index contributed by atoms with van der Waals surface area (Å²) in [6, 6.07) is 0.427. The molecule has 2 fully saturated rings. The van der Waals surface area contributed by atoms with Crippen LogP contribution in [-0.2, 0) is 9.47 Å². The average molecular weight is 512 g/mol. The number of rotatable bonds is 12. The molecule has 2 unspecified atom stereocenters. The number of aliphatic imine (C=N–C) groups is 1. The van der Waals surface area contributed by atoms with Gasteiger partial charge in [0.1, 0.15) is 0 Å². The molecule has 1 saturated heterocycles. The van der Waals surface area contributed by atoms with Crippen molar-refractivity contribution in [2.75, 3.05) is 59.2 Å². The van der Waals surface area contributed by atoms with Gasteiger partial charge in [0, 0.05) is 38.8 Å². The van der Waals surface area contributed by atoms with Crippen molar-refractivity contribution < 1.29 is 14.6 Å². The number of nitrogens with zero attached hydrogens (tertiary/aromatic N) is 2. The lowest BCUT2D eigenvalue weighted by Gasteiger charge is -2.34. The van der Waals surface area contributed by atoms with E-state index < -0.39 is 6.10 Å². The van der Waals surface area contributed by atoms with Gasteiger partial charge in [-0.1, -0.05) is 13.8 Å². The number of hydrogen-bond donors (Lipinski definition) is 3. The van der Waals surface area contributed by atoms with E-state index in [0.717, 1.165) is 64.3 Å². The minimum atomic E-state index is -0.515. The number of halogens is 1. The molecule has 2 aliphatic rings. The second-order valence-corrected chi connectivity index (χ2v) is 8.17. The van der Waals surface area contributed by atoms with Crippen LogP contribution in [0.15, 0.2) is 4.99 Å². The molecule has 0 aromatic heterocycles. The minimum absolute atomic E-state index is 0. The maximum absolute atomic E-state index is 10.1. The smallest absolute Gasteiger partial charge is 0.191 e. The van der Waals surface area contributed by atoms with Gasteiger partial charge in [0.25, 0.3) is 0 Å². The Kier molecular flexibility index (Phi) is 13.6. The molecule has 7 nitrogen and oxygen atoms in total.